The van der Waals surface area contributed by atoms with Crippen molar-refractivity contribution >= 4 is 20.5 Å². The SMILES string of the molecule is C(=CCc1ccc(C2C3CC32c2cccc3c2CCCC3)cc1)=[S-]1=CCC1. The Morgan fingerprint density at radius 3 is 2.70 bits per heavy atom. The van der Waals surface area contributed by atoms with Gasteiger partial charge in [0.1, 0.15) is 0 Å². The van der Waals surface area contributed by atoms with E-state index in [1.807, 2.05) is 0 Å². The number of aryl methyl sites for hydroxylation is 1. The van der Waals surface area contributed by atoms with Crippen molar-refractivity contribution in [2.75, 3.05) is 5.75 Å². The van der Waals surface area contributed by atoms with E-state index in [1.165, 1.54) is 49.8 Å². The lowest BCUT2D eigenvalue weighted by Crippen LogP contribution is -2.11. The second kappa shape index (κ2) is 6.16. The van der Waals surface area contributed by atoms with E-state index in [9.17, 15) is 0 Å². The molecule has 6 rings (SSSR count). The second-order valence-electron chi connectivity index (χ2n) is 8.84. The lowest BCUT2D eigenvalue weighted by atomic mass is 9.82. The summed E-state index contributed by atoms with van der Waals surface area (Å²) in [6, 6.07) is 16.7. The van der Waals surface area contributed by atoms with Crippen LogP contribution in [-0.4, -0.2) is 16.1 Å². The highest BCUT2D eigenvalue weighted by Gasteiger charge is 2.79. The zero-order valence-corrected chi connectivity index (χ0v) is 16.7. The summed E-state index contributed by atoms with van der Waals surface area (Å²) in [4.78, 5) is 0. The molecule has 1 aliphatic heterocycles. The first-order chi connectivity index (χ1) is 13.4. The highest BCUT2D eigenvalue weighted by molar-refractivity contribution is 7.94. The van der Waals surface area contributed by atoms with Crippen LogP contribution in [0.1, 0.15) is 59.4 Å². The van der Waals surface area contributed by atoms with E-state index in [1.54, 1.807) is 22.3 Å². The van der Waals surface area contributed by atoms with Crippen molar-refractivity contribution in [3.8, 4) is 0 Å². The molecule has 3 aliphatic carbocycles. The molecule has 0 N–H and O–H groups in total. The van der Waals surface area contributed by atoms with Crippen LogP contribution in [0.25, 0.3) is 0 Å². The van der Waals surface area contributed by atoms with E-state index in [0.717, 1.165) is 18.3 Å². The van der Waals surface area contributed by atoms with Gasteiger partial charge in [0.05, 0.1) is 0 Å². The van der Waals surface area contributed by atoms with Crippen LogP contribution < -0.4 is 0 Å². The Morgan fingerprint density at radius 2 is 1.93 bits per heavy atom. The Labute approximate surface area is 164 Å². The van der Waals surface area contributed by atoms with E-state index >= 15 is 0 Å². The molecule has 0 bridgehead atoms. The van der Waals surface area contributed by atoms with E-state index in [0.29, 0.717) is 15.5 Å². The van der Waals surface area contributed by atoms with Crippen LogP contribution in [0.3, 0.4) is 0 Å². The molecule has 2 aromatic rings. The molecule has 138 valence electrons. The van der Waals surface area contributed by atoms with Gasteiger partial charge in [-0.3, -0.25) is 5.02 Å². The zero-order valence-electron chi connectivity index (χ0n) is 15.9. The molecule has 27 heavy (non-hydrogen) atoms. The summed E-state index contributed by atoms with van der Waals surface area (Å²) in [6.07, 6.45) is 11.4. The summed E-state index contributed by atoms with van der Waals surface area (Å²) in [6.45, 7) is 0. The maximum absolute atomic E-state index is 3.54. The van der Waals surface area contributed by atoms with Crippen molar-refractivity contribution in [3.05, 3.63) is 76.4 Å². The van der Waals surface area contributed by atoms with Crippen molar-refractivity contribution in [3.63, 3.8) is 0 Å². The van der Waals surface area contributed by atoms with Gasteiger partial charge in [0.2, 0.25) is 0 Å². The van der Waals surface area contributed by atoms with Gasteiger partial charge in [-0.15, -0.1) is 5.75 Å². The molecular formula is C26H27S-. The third-order valence-corrected chi connectivity index (χ3v) is 9.16. The second-order valence-corrected chi connectivity index (χ2v) is 10.7. The maximum atomic E-state index is 3.54. The predicted octanol–water partition coefficient (Wildman–Crippen LogP) is 4.94. The van der Waals surface area contributed by atoms with Crippen LogP contribution in [-0.2, 0) is 34.8 Å². The van der Waals surface area contributed by atoms with Crippen molar-refractivity contribution in [1.82, 2.24) is 0 Å². The molecule has 4 aliphatic rings. The Kier molecular flexibility index (Phi) is 3.71. The lowest BCUT2D eigenvalue weighted by molar-refractivity contribution is 0.656. The number of hydrogen-bond donors (Lipinski definition) is 0. The van der Waals surface area contributed by atoms with Gasteiger partial charge in [-0.1, -0.05) is 55.0 Å². The van der Waals surface area contributed by atoms with Gasteiger partial charge in [0.25, 0.3) is 0 Å². The van der Waals surface area contributed by atoms with Crippen LogP contribution in [0.4, 0.5) is 0 Å². The molecule has 0 aromatic heterocycles. The highest BCUT2D eigenvalue weighted by atomic mass is 32.2. The minimum atomic E-state index is 0.370. The quantitative estimate of drug-likeness (QED) is 0.527. The first kappa shape index (κ1) is 16.3. The van der Waals surface area contributed by atoms with E-state index in [-0.39, 0.29) is 0 Å². The molecule has 2 fully saturated rings. The van der Waals surface area contributed by atoms with Crippen LogP contribution in [0.2, 0.25) is 0 Å². The summed E-state index contributed by atoms with van der Waals surface area (Å²) >= 11 is 0. The number of fused-ring (bicyclic) bond motifs is 2. The monoisotopic (exact) mass is 371 g/mol. The number of hydrogen-bond acceptors (Lipinski definition) is 1. The number of allylic oxidation sites excluding steroid dienone is 1. The molecule has 2 aromatic carbocycles. The van der Waals surface area contributed by atoms with Crippen LogP contribution in [0, 0.1) is 5.92 Å². The van der Waals surface area contributed by atoms with Crippen molar-refractivity contribution in [2.24, 2.45) is 5.92 Å². The zero-order chi connectivity index (χ0) is 17.8. The Bertz CT molecular complexity index is 1030. The molecule has 0 radical (unpaired) electrons. The molecule has 0 saturated heterocycles. The fourth-order valence-corrected chi connectivity index (χ4v) is 6.59. The molecule has 0 nitrogen and oxygen atoms in total. The Balaban J connectivity index is 1.23. The van der Waals surface area contributed by atoms with E-state index < -0.39 is 0 Å². The van der Waals surface area contributed by atoms with Crippen LogP contribution >= 0.6 is 0 Å². The van der Waals surface area contributed by atoms with E-state index in [2.05, 4.69) is 58.9 Å². The average molecular weight is 372 g/mol. The van der Waals surface area contributed by atoms with Crippen molar-refractivity contribution < 1.29 is 0 Å². The average Bonchev–Trinajstić information content (AvgIpc) is 3.55. The lowest BCUT2D eigenvalue weighted by Gasteiger charge is -2.22. The summed E-state index contributed by atoms with van der Waals surface area (Å²) in [5.74, 6) is 3.03. The minimum Gasteiger partial charge on any atom is -0.433 e. The normalized spacial score (nSPS) is 30.2. The molecule has 2 saturated carbocycles. The smallest absolute Gasteiger partial charge is 0.00653 e. The maximum Gasteiger partial charge on any atom is 0.00653 e. The third kappa shape index (κ3) is 2.59. The molecule has 1 heteroatoms. The fourth-order valence-electron chi connectivity index (χ4n) is 5.60. The number of benzene rings is 2. The van der Waals surface area contributed by atoms with Crippen LogP contribution in [0.15, 0.2) is 48.5 Å². The highest BCUT2D eigenvalue weighted by Crippen LogP contribution is 2.84. The summed E-state index contributed by atoms with van der Waals surface area (Å²) in [5, 5.41) is 5.92. The van der Waals surface area contributed by atoms with Gasteiger partial charge < -0.3 is 10.1 Å². The van der Waals surface area contributed by atoms with Gasteiger partial charge >= 0.3 is 0 Å². The van der Waals surface area contributed by atoms with Gasteiger partial charge in [0.15, 0.2) is 0 Å². The minimum absolute atomic E-state index is 0.370. The van der Waals surface area contributed by atoms with Gasteiger partial charge in [-0.2, -0.15) is 0 Å². The standard InChI is InChI=1S/C26H27S/c1-2-9-22-20(7-1)8-3-10-23(22)26-18-24(26)25(26)21-13-11-19(12-14-21)6-4-15-27-16-5-17-27/h3-4,8,10-14,16,24-25H,1-2,5-7,9,17-18H2/q-1. The molecule has 3 atom stereocenters. The summed E-state index contributed by atoms with van der Waals surface area (Å²) < 4.78 is 0. The predicted molar refractivity (Wildman–Crippen MR) is 118 cm³/mol. The molecule has 1 heterocycles. The van der Waals surface area contributed by atoms with Crippen molar-refractivity contribution in [1.29, 1.82) is 0 Å². The number of rotatable bonds is 4. The Morgan fingerprint density at radius 1 is 1.07 bits per heavy atom. The summed E-state index contributed by atoms with van der Waals surface area (Å²) in [7, 11) is 0.370. The molecule has 0 spiro atoms. The van der Waals surface area contributed by atoms with Gasteiger partial charge in [0, 0.05) is 5.41 Å². The Hall–Kier alpha value is -1.69. The van der Waals surface area contributed by atoms with Crippen molar-refractivity contribution in [2.45, 2.75) is 56.3 Å². The largest absolute Gasteiger partial charge is 0.433 e. The first-order valence-electron chi connectivity index (χ1n) is 10.7. The molecule has 3 unspecified atom stereocenters. The molecule has 0 amide bonds. The summed E-state index contributed by atoms with van der Waals surface area (Å²) in [5.41, 5.74) is 8.60. The van der Waals surface area contributed by atoms with Crippen LogP contribution in [0.5, 0.6) is 0 Å². The topological polar surface area (TPSA) is 0 Å². The first-order valence-corrected chi connectivity index (χ1v) is 12.1. The molecular weight excluding hydrogens is 344 g/mol. The van der Waals surface area contributed by atoms with E-state index in [4.69, 9.17) is 0 Å². The third-order valence-electron chi connectivity index (χ3n) is 7.37. The van der Waals surface area contributed by atoms with Gasteiger partial charge in [-0.25, -0.2) is 5.37 Å². The van der Waals surface area contributed by atoms with Gasteiger partial charge in [-0.05, 0) is 78.2 Å². The fraction of sp³-hybridized carbons (Fsp3) is 0.423.